The zero-order chi connectivity index (χ0) is 8.81. The van der Waals surface area contributed by atoms with Crippen LogP contribution in [0.25, 0.3) is 0 Å². The third kappa shape index (κ3) is 2.31. The Labute approximate surface area is 78.8 Å². The van der Waals surface area contributed by atoms with Gasteiger partial charge in [-0.25, -0.2) is 0 Å². The van der Waals surface area contributed by atoms with Gasteiger partial charge in [0, 0.05) is 0 Å². The monoisotopic (exact) mass is 179 g/mol. The lowest BCUT2D eigenvalue weighted by Gasteiger charge is -2.14. The van der Waals surface area contributed by atoms with Gasteiger partial charge in [0.1, 0.15) is 0 Å². The lowest BCUT2D eigenvalue weighted by Crippen LogP contribution is -2.17. The van der Waals surface area contributed by atoms with Gasteiger partial charge in [0.2, 0.25) is 0 Å². The molecule has 1 aromatic carbocycles. The van der Waals surface area contributed by atoms with E-state index in [1.54, 1.807) is 5.49 Å². The number of benzene rings is 1. The molecule has 0 radical (unpaired) electrons. The Morgan fingerprint density at radius 1 is 1.42 bits per heavy atom. The largest absolute Gasteiger partial charge is 0.375 e. The molecule has 1 unspecified atom stereocenters. The molecule has 0 aromatic heterocycles. The van der Waals surface area contributed by atoms with Crippen LogP contribution in [-0.2, 0) is 0 Å². The molecule has 64 valence electrons. The number of nitrogens with one attached hydrogen (secondary N) is 1. The first-order chi connectivity index (χ1) is 5.88. The molecule has 0 saturated heterocycles. The van der Waals surface area contributed by atoms with Crippen molar-refractivity contribution in [3.05, 3.63) is 35.9 Å². The quantitative estimate of drug-likeness (QED) is 0.713. The Balaban J connectivity index is 2.72. The van der Waals surface area contributed by atoms with Crippen LogP contribution in [0.2, 0.25) is 0 Å². The second-order valence-corrected chi connectivity index (χ2v) is 2.89. The summed E-state index contributed by atoms with van der Waals surface area (Å²) in [5.74, 6) is 0. The van der Waals surface area contributed by atoms with E-state index in [1.165, 1.54) is 5.56 Å². The molecule has 0 bridgehead atoms. The smallest absolute Gasteiger partial charge is 0.0619 e. The minimum absolute atomic E-state index is 0.365. The highest BCUT2D eigenvalue weighted by Crippen LogP contribution is 2.14. The van der Waals surface area contributed by atoms with Crippen LogP contribution in [-0.4, -0.2) is 5.49 Å². The molecule has 0 fully saturated rings. The summed E-state index contributed by atoms with van der Waals surface area (Å²) in [7, 11) is 0. The maximum atomic E-state index is 4.76. The van der Waals surface area contributed by atoms with Gasteiger partial charge in [0.05, 0.1) is 11.5 Å². The molecule has 1 N–H and O–H groups in total. The highest BCUT2D eigenvalue weighted by Gasteiger charge is 2.04. The van der Waals surface area contributed by atoms with Gasteiger partial charge in [-0.05, 0) is 12.0 Å². The molecule has 0 aliphatic carbocycles. The Bertz CT molecular complexity index is 233. The van der Waals surface area contributed by atoms with Gasteiger partial charge >= 0.3 is 0 Å². The van der Waals surface area contributed by atoms with E-state index in [2.05, 4.69) is 24.4 Å². The van der Waals surface area contributed by atoms with Crippen LogP contribution in [0.3, 0.4) is 0 Å². The predicted molar refractivity (Wildman–Crippen MR) is 56.3 cm³/mol. The highest BCUT2D eigenvalue weighted by atomic mass is 32.1. The fourth-order valence-corrected chi connectivity index (χ4v) is 1.38. The van der Waals surface area contributed by atoms with E-state index in [1.807, 2.05) is 18.2 Å². The van der Waals surface area contributed by atoms with Crippen LogP contribution in [0.4, 0.5) is 0 Å². The van der Waals surface area contributed by atoms with E-state index in [4.69, 9.17) is 12.2 Å². The third-order valence-electron chi connectivity index (χ3n) is 1.88. The van der Waals surface area contributed by atoms with E-state index in [9.17, 15) is 0 Å². The van der Waals surface area contributed by atoms with Gasteiger partial charge in [-0.15, -0.1) is 0 Å². The average molecular weight is 179 g/mol. The van der Waals surface area contributed by atoms with Crippen molar-refractivity contribution in [2.75, 3.05) is 0 Å². The Morgan fingerprint density at radius 3 is 2.58 bits per heavy atom. The van der Waals surface area contributed by atoms with Crippen molar-refractivity contribution in [1.82, 2.24) is 5.32 Å². The van der Waals surface area contributed by atoms with E-state index >= 15 is 0 Å². The summed E-state index contributed by atoms with van der Waals surface area (Å²) in [5.41, 5.74) is 2.88. The average Bonchev–Trinajstić information content (AvgIpc) is 2.15. The summed E-state index contributed by atoms with van der Waals surface area (Å²) in [4.78, 5) is 0. The molecule has 0 spiro atoms. The topological polar surface area (TPSA) is 12.0 Å². The van der Waals surface area contributed by atoms with Crippen LogP contribution in [0.1, 0.15) is 24.9 Å². The molecule has 12 heavy (non-hydrogen) atoms. The first-order valence-electron chi connectivity index (χ1n) is 4.13. The zero-order valence-electron chi connectivity index (χ0n) is 7.16. The summed E-state index contributed by atoms with van der Waals surface area (Å²) < 4.78 is 0. The second kappa shape index (κ2) is 4.88. The van der Waals surface area contributed by atoms with Crippen LogP contribution >= 0.6 is 12.2 Å². The number of rotatable bonds is 4. The molecule has 0 saturated carbocycles. The van der Waals surface area contributed by atoms with Gasteiger partial charge in [-0.2, -0.15) is 0 Å². The lowest BCUT2D eigenvalue weighted by molar-refractivity contribution is 0.636. The lowest BCUT2D eigenvalue weighted by atomic mass is 10.1. The van der Waals surface area contributed by atoms with Crippen molar-refractivity contribution >= 4 is 17.7 Å². The van der Waals surface area contributed by atoms with Crippen LogP contribution in [0, 0.1) is 0 Å². The summed E-state index contributed by atoms with van der Waals surface area (Å²) >= 11 is 4.76. The van der Waals surface area contributed by atoms with Crippen LogP contribution in [0.15, 0.2) is 30.3 Å². The fourth-order valence-electron chi connectivity index (χ4n) is 1.22. The van der Waals surface area contributed by atoms with Gasteiger partial charge in [0.25, 0.3) is 0 Å². The second-order valence-electron chi connectivity index (χ2n) is 2.66. The van der Waals surface area contributed by atoms with E-state index in [0.717, 1.165) is 6.42 Å². The molecule has 1 nitrogen and oxygen atoms in total. The van der Waals surface area contributed by atoms with Crippen molar-refractivity contribution in [2.45, 2.75) is 19.4 Å². The van der Waals surface area contributed by atoms with Crippen molar-refractivity contribution in [3.63, 3.8) is 0 Å². The highest BCUT2D eigenvalue weighted by molar-refractivity contribution is 7.78. The Hall–Kier alpha value is -0.890. The fraction of sp³-hybridized carbons (Fsp3) is 0.300. The SMILES string of the molecule is CCC(NC=S)c1ccccc1. The first-order valence-corrected chi connectivity index (χ1v) is 4.60. The molecule has 0 aliphatic heterocycles. The van der Waals surface area contributed by atoms with Crippen molar-refractivity contribution in [1.29, 1.82) is 0 Å². The van der Waals surface area contributed by atoms with Gasteiger partial charge in [-0.1, -0.05) is 49.5 Å². The Kier molecular flexibility index (Phi) is 3.74. The standard InChI is InChI=1S/C10H13NS/c1-2-10(11-8-12)9-6-4-3-5-7-9/h3-8,10H,2H2,1H3,(H,11,12). The normalized spacial score (nSPS) is 12.1. The van der Waals surface area contributed by atoms with Crippen LogP contribution < -0.4 is 5.32 Å². The molecule has 2 heteroatoms. The minimum atomic E-state index is 0.365. The molecule has 1 rings (SSSR count). The van der Waals surface area contributed by atoms with Crippen molar-refractivity contribution in [3.8, 4) is 0 Å². The molecular formula is C10H13NS. The molecule has 0 heterocycles. The summed E-state index contributed by atoms with van der Waals surface area (Å²) in [6.07, 6.45) is 1.05. The Morgan fingerprint density at radius 2 is 2.08 bits per heavy atom. The predicted octanol–water partition coefficient (Wildman–Crippen LogP) is 2.68. The maximum absolute atomic E-state index is 4.76. The van der Waals surface area contributed by atoms with Crippen molar-refractivity contribution in [2.24, 2.45) is 0 Å². The summed E-state index contributed by atoms with van der Waals surface area (Å²) in [5, 5.41) is 3.14. The minimum Gasteiger partial charge on any atom is -0.375 e. The van der Waals surface area contributed by atoms with Crippen molar-refractivity contribution < 1.29 is 0 Å². The summed E-state index contributed by atoms with van der Waals surface area (Å²) in [6.45, 7) is 2.14. The maximum Gasteiger partial charge on any atom is 0.0619 e. The molecular weight excluding hydrogens is 166 g/mol. The third-order valence-corrected chi connectivity index (χ3v) is 2.02. The molecule has 1 aromatic rings. The van der Waals surface area contributed by atoms with Gasteiger partial charge in [0.15, 0.2) is 0 Å². The zero-order valence-corrected chi connectivity index (χ0v) is 7.97. The molecule has 0 amide bonds. The van der Waals surface area contributed by atoms with E-state index in [-0.39, 0.29) is 0 Å². The molecule has 1 atom stereocenters. The van der Waals surface area contributed by atoms with Gasteiger partial charge < -0.3 is 5.32 Å². The number of hydrogen-bond donors (Lipinski definition) is 1. The first kappa shape index (κ1) is 9.20. The van der Waals surface area contributed by atoms with E-state index < -0.39 is 0 Å². The summed E-state index contributed by atoms with van der Waals surface area (Å²) in [6, 6.07) is 10.7. The number of hydrogen-bond acceptors (Lipinski definition) is 1. The molecule has 0 aliphatic rings. The van der Waals surface area contributed by atoms with Crippen LogP contribution in [0.5, 0.6) is 0 Å². The number of thiocarbonyl (C=S) groups is 1. The van der Waals surface area contributed by atoms with Gasteiger partial charge in [-0.3, -0.25) is 0 Å². The van der Waals surface area contributed by atoms with E-state index in [0.29, 0.717) is 6.04 Å².